The third kappa shape index (κ3) is 2.62. The monoisotopic (exact) mass is 204 g/mol. The van der Waals surface area contributed by atoms with Crippen LogP contribution in [0.4, 0.5) is 0 Å². The Labute approximate surface area is 92.8 Å². The van der Waals surface area contributed by atoms with Crippen molar-refractivity contribution in [3.05, 3.63) is 42.0 Å². The first kappa shape index (κ1) is 11.8. The highest BCUT2D eigenvalue weighted by molar-refractivity contribution is 5.44. The molecule has 82 valence electrons. The van der Waals surface area contributed by atoms with Crippen LogP contribution in [0.15, 0.2) is 30.9 Å². The van der Waals surface area contributed by atoms with Crippen LogP contribution >= 0.6 is 0 Å². The van der Waals surface area contributed by atoms with Gasteiger partial charge in [-0.15, -0.1) is 6.58 Å². The minimum Gasteiger partial charge on any atom is -0.496 e. The SMILES string of the molecule is C=CC(C)c1cccc(CCC)c1OC. The van der Waals surface area contributed by atoms with Crippen LogP contribution in [-0.4, -0.2) is 7.11 Å². The molecule has 0 saturated carbocycles. The van der Waals surface area contributed by atoms with Gasteiger partial charge >= 0.3 is 0 Å². The third-order valence-corrected chi connectivity index (χ3v) is 2.69. The molecule has 1 rings (SSSR count). The molecule has 0 N–H and O–H groups in total. The van der Waals surface area contributed by atoms with Gasteiger partial charge in [-0.2, -0.15) is 0 Å². The van der Waals surface area contributed by atoms with Crippen molar-refractivity contribution in [1.29, 1.82) is 0 Å². The zero-order valence-corrected chi connectivity index (χ0v) is 9.92. The molecule has 0 fully saturated rings. The molecule has 1 aromatic rings. The van der Waals surface area contributed by atoms with Crippen LogP contribution in [0, 0.1) is 0 Å². The van der Waals surface area contributed by atoms with Gasteiger partial charge in [-0.05, 0) is 12.0 Å². The molecular weight excluding hydrogens is 184 g/mol. The Morgan fingerprint density at radius 3 is 2.73 bits per heavy atom. The second-order valence-corrected chi connectivity index (χ2v) is 3.81. The lowest BCUT2D eigenvalue weighted by Gasteiger charge is -2.15. The molecule has 1 atom stereocenters. The van der Waals surface area contributed by atoms with Crippen LogP contribution in [0.1, 0.15) is 37.3 Å². The molecule has 0 aliphatic rings. The zero-order valence-electron chi connectivity index (χ0n) is 9.92. The molecule has 1 unspecified atom stereocenters. The molecule has 1 aromatic carbocycles. The molecule has 0 radical (unpaired) electrons. The summed E-state index contributed by atoms with van der Waals surface area (Å²) in [6.07, 6.45) is 4.16. The van der Waals surface area contributed by atoms with Gasteiger partial charge in [-0.1, -0.05) is 44.5 Å². The van der Waals surface area contributed by atoms with Crippen LogP contribution in [-0.2, 0) is 6.42 Å². The molecule has 1 heteroatoms. The second-order valence-electron chi connectivity index (χ2n) is 3.81. The maximum atomic E-state index is 5.50. The molecule has 0 aliphatic heterocycles. The van der Waals surface area contributed by atoms with E-state index < -0.39 is 0 Å². The Morgan fingerprint density at radius 2 is 2.20 bits per heavy atom. The zero-order chi connectivity index (χ0) is 11.3. The highest BCUT2D eigenvalue weighted by Gasteiger charge is 2.11. The maximum Gasteiger partial charge on any atom is 0.125 e. The van der Waals surface area contributed by atoms with E-state index in [1.807, 2.05) is 6.08 Å². The van der Waals surface area contributed by atoms with Gasteiger partial charge in [0.05, 0.1) is 7.11 Å². The van der Waals surface area contributed by atoms with Gasteiger partial charge in [0.1, 0.15) is 5.75 Å². The molecule has 15 heavy (non-hydrogen) atoms. The first-order chi connectivity index (χ1) is 7.24. The summed E-state index contributed by atoms with van der Waals surface area (Å²) < 4.78 is 5.50. The second kappa shape index (κ2) is 5.59. The molecule has 0 amide bonds. The van der Waals surface area contributed by atoms with E-state index in [4.69, 9.17) is 4.74 Å². The van der Waals surface area contributed by atoms with Crippen LogP contribution in [0.3, 0.4) is 0 Å². The number of benzene rings is 1. The highest BCUT2D eigenvalue weighted by atomic mass is 16.5. The lowest BCUT2D eigenvalue weighted by Crippen LogP contribution is -1.99. The number of ether oxygens (including phenoxy) is 1. The number of allylic oxidation sites excluding steroid dienone is 1. The van der Waals surface area contributed by atoms with Gasteiger partial charge in [-0.25, -0.2) is 0 Å². The number of methoxy groups -OCH3 is 1. The summed E-state index contributed by atoms with van der Waals surface area (Å²) in [5.74, 6) is 1.38. The van der Waals surface area contributed by atoms with E-state index in [0.29, 0.717) is 5.92 Å². The van der Waals surface area contributed by atoms with Crippen molar-refractivity contribution >= 4 is 0 Å². The molecule has 0 heterocycles. The smallest absolute Gasteiger partial charge is 0.125 e. The molecule has 0 saturated heterocycles. The lowest BCUT2D eigenvalue weighted by molar-refractivity contribution is 0.403. The highest BCUT2D eigenvalue weighted by Crippen LogP contribution is 2.31. The van der Waals surface area contributed by atoms with Crippen molar-refractivity contribution in [2.24, 2.45) is 0 Å². The Kier molecular flexibility index (Phi) is 4.41. The van der Waals surface area contributed by atoms with E-state index in [9.17, 15) is 0 Å². The largest absolute Gasteiger partial charge is 0.496 e. The number of aryl methyl sites for hydroxylation is 1. The van der Waals surface area contributed by atoms with E-state index in [2.05, 4.69) is 38.6 Å². The molecule has 1 nitrogen and oxygen atoms in total. The maximum absolute atomic E-state index is 5.50. The minimum atomic E-state index is 0.344. The summed E-state index contributed by atoms with van der Waals surface area (Å²) in [6, 6.07) is 6.36. The number of hydrogen-bond donors (Lipinski definition) is 0. The van der Waals surface area contributed by atoms with E-state index in [1.54, 1.807) is 7.11 Å². The number of hydrogen-bond acceptors (Lipinski definition) is 1. The van der Waals surface area contributed by atoms with Crippen molar-refractivity contribution in [3.8, 4) is 5.75 Å². The summed E-state index contributed by atoms with van der Waals surface area (Å²) >= 11 is 0. The fourth-order valence-electron chi connectivity index (χ4n) is 1.81. The van der Waals surface area contributed by atoms with Crippen molar-refractivity contribution in [2.45, 2.75) is 32.6 Å². The van der Waals surface area contributed by atoms with Crippen LogP contribution in [0.5, 0.6) is 5.75 Å². The first-order valence-electron chi connectivity index (χ1n) is 5.52. The topological polar surface area (TPSA) is 9.23 Å². The fraction of sp³-hybridized carbons (Fsp3) is 0.429. The van der Waals surface area contributed by atoms with Crippen LogP contribution in [0.25, 0.3) is 0 Å². The third-order valence-electron chi connectivity index (χ3n) is 2.69. The van der Waals surface area contributed by atoms with Crippen molar-refractivity contribution in [3.63, 3.8) is 0 Å². The lowest BCUT2D eigenvalue weighted by atomic mass is 9.96. The number of para-hydroxylation sites is 1. The standard InChI is InChI=1S/C14H20O/c1-5-8-12-9-7-10-13(11(3)6-2)14(12)15-4/h6-7,9-11H,2,5,8H2,1,3-4H3. The molecule has 0 aliphatic carbocycles. The minimum absolute atomic E-state index is 0.344. The normalized spacial score (nSPS) is 12.2. The molecule has 0 bridgehead atoms. The summed E-state index contributed by atoms with van der Waals surface area (Å²) in [6.45, 7) is 8.16. The predicted molar refractivity (Wildman–Crippen MR) is 65.6 cm³/mol. The van der Waals surface area contributed by atoms with E-state index in [1.165, 1.54) is 11.1 Å². The summed E-state index contributed by atoms with van der Waals surface area (Å²) in [4.78, 5) is 0. The van der Waals surface area contributed by atoms with Crippen LogP contribution in [0.2, 0.25) is 0 Å². The Hall–Kier alpha value is -1.24. The van der Waals surface area contributed by atoms with Crippen LogP contribution < -0.4 is 4.74 Å². The Bertz CT molecular complexity index is 328. The molecular formula is C14H20O. The fourth-order valence-corrected chi connectivity index (χ4v) is 1.81. The molecule has 0 aromatic heterocycles. The van der Waals surface area contributed by atoms with E-state index in [-0.39, 0.29) is 0 Å². The molecule has 0 spiro atoms. The first-order valence-corrected chi connectivity index (χ1v) is 5.52. The van der Waals surface area contributed by atoms with Crippen molar-refractivity contribution < 1.29 is 4.74 Å². The van der Waals surface area contributed by atoms with Gasteiger partial charge in [-0.3, -0.25) is 0 Å². The van der Waals surface area contributed by atoms with Crippen molar-refractivity contribution in [1.82, 2.24) is 0 Å². The van der Waals surface area contributed by atoms with Crippen molar-refractivity contribution in [2.75, 3.05) is 7.11 Å². The predicted octanol–water partition coefficient (Wildman–Crippen LogP) is 3.94. The van der Waals surface area contributed by atoms with Gasteiger partial charge in [0.2, 0.25) is 0 Å². The Morgan fingerprint density at radius 1 is 1.47 bits per heavy atom. The average Bonchev–Trinajstić information content (AvgIpc) is 2.28. The van der Waals surface area contributed by atoms with E-state index >= 15 is 0 Å². The Balaban J connectivity index is 3.15. The van der Waals surface area contributed by atoms with Gasteiger partial charge in [0, 0.05) is 11.5 Å². The quantitative estimate of drug-likeness (QED) is 0.660. The number of rotatable bonds is 5. The summed E-state index contributed by atoms with van der Waals surface area (Å²) in [5.41, 5.74) is 2.53. The van der Waals surface area contributed by atoms with E-state index in [0.717, 1.165) is 18.6 Å². The summed E-state index contributed by atoms with van der Waals surface area (Å²) in [7, 11) is 1.74. The van der Waals surface area contributed by atoms with Gasteiger partial charge in [0.25, 0.3) is 0 Å². The van der Waals surface area contributed by atoms with Gasteiger partial charge in [0.15, 0.2) is 0 Å². The van der Waals surface area contributed by atoms with Gasteiger partial charge < -0.3 is 4.74 Å². The average molecular weight is 204 g/mol. The summed E-state index contributed by atoms with van der Waals surface area (Å²) in [5, 5.41) is 0.